The van der Waals surface area contributed by atoms with Gasteiger partial charge in [-0.05, 0) is 47.5 Å². The number of phenolic OH excluding ortho intramolecular Hbond substituents is 1. The van der Waals surface area contributed by atoms with Gasteiger partial charge < -0.3 is 33.9 Å². The highest BCUT2D eigenvalue weighted by atomic mass is 16.6. The van der Waals surface area contributed by atoms with Gasteiger partial charge in [0.05, 0.1) is 27.9 Å². The van der Waals surface area contributed by atoms with Crippen molar-refractivity contribution in [3.8, 4) is 23.0 Å². The van der Waals surface area contributed by atoms with Crippen molar-refractivity contribution < 1.29 is 43.5 Å². The van der Waals surface area contributed by atoms with E-state index in [1.165, 1.54) is 45.6 Å². The molecule has 1 atom stereocenters. The Hall–Kier alpha value is -3.98. The zero-order valence-electron chi connectivity index (χ0n) is 18.5. The fourth-order valence-electron chi connectivity index (χ4n) is 2.65. The minimum absolute atomic E-state index is 0.0747. The number of aliphatic hydroxyl groups is 1. The van der Waals surface area contributed by atoms with Gasteiger partial charge in [-0.25, -0.2) is 9.59 Å². The molecule has 0 fully saturated rings. The second-order valence-corrected chi connectivity index (χ2v) is 6.58. The van der Waals surface area contributed by atoms with Crippen LogP contribution in [0.5, 0.6) is 23.0 Å². The summed E-state index contributed by atoms with van der Waals surface area (Å²) in [7, 11) is 4.46. The van der Waals surface area contributed by atoms with Crippen molar-refractivity contribution in [3.05, 3.63) is 59.7 Å². The largest absolute Gasteiger partial charge is 0.504 e. The Balaban J connectivity index is 1.86. The maximum atomic E-state index is 12.0. The second-order valence-electron chi connectivity index (χ2n) is 6.58. The minimum Gasteiger partial charge on any atom is -0.504 e. The molecule has 2 aromatic carbocycles. The number of hydrogen-bond acceptors (Lipinski definition) is 9. The van der Waals surface area contributed by atoms with E-state index in [1.54, 1.807) is 30.3 Å². The number of esters is 2. The Morgan fingerprint density at radius 1 is 0.848 bits per heavy atom. The van der Waals surface area contributed by atoms with Crippen molar-refractivity contribution in [2.24, 2.45) is 0 Å². The molecule has 2 aromatic rings. The van der Waals surface area contributed by atoms with Gasteiger partial charge in [-0.1, -0.05) is 12.1 Å². The van der Waals surface area contributed by atoms with E-state index in [0.717, 1.165) is 6.08 Å². The van der Waals surface area contributed by atoms with E-state index in [4.69, 9.17) is 23.7 Å². The maximum Gasteiger partial charge on any atom is 0.331 e. The molecule has 9 heteroatoms. The number of phenols is 1. The monoisotopic (exact) mass is 458 g/mol. The lowest BCUT2D eigenvalue weighted by Crippen LogP contribution is -2.27. The SMILES string of the molecule is COc1ccc(C=CC(=O)OC(CO)COC(=O)C=Cc2ccc(OC)c(OC)c2)cc1O. The van der Waals surface area contributed by atoms with Crippen molar-refractivity contribution >= 4 is 24.1 Å². The van der Waals surface area contributed by atoms with Gasteiger partial charge in [0.2, 0.25) is 0 Å². The first-order valence-electron chi connectivity index (χ1n) is 9.83. The summed E-state index contributed by atoms with van der Waals surface area (Å²) < 4.78 is 25.4. The zero-order valence-corrected chi connectivity index (χ0v) is 18.5. The molecule has 0 saturated carbocycles. The van der Waals surface area contributed by atoms with Crippen LogP contribution in [-0.4, -0.2) is 62.8 Å². The number of benzene rings is 2. The Morgan fingerprint density at radius 3 is 2.00 bits per heavy atom. The van der Waals surface area contributed by atoms with Crippen molar-refractivity contribution in [3.63, 3.8) is 0 Å². The van der Waals surface area contributed by atoms with Gasteiger partial charge >= 0.3 is 11.9 Å². The van der Waals surface area contributed by atoms with E-state index in [1.807, 2.05) is 0 Å². The molecule has 176 valence electrons. The number of carbonyl (C=O) groups excluding carboxylic acids is 2. The van der Waals surface area contributed by atoms with E-state index < -0.39 is 24.6 Å². The number of aliphatic hydroxyl groups excluding tert-OH is 1. The number of aromatic hydroxyl groups is 1. The average molecular weight is 458 g/mol. The van der Waals surface area contributed by atoms with Gasteiger partial charge in [-0.3, -0.25) is 0 Å². The van der Waals surface area contributed by atoms with Crippen LogP contribution in [0.4, 0.5) is 0 Å². The predicted molar refractivity (Wildman–Crippen MR) is 120 cm³/mol. The standard InChI is InChI=1S/C24H26O9/c1-29-20-8-4-16(12-19(20)26)7-11-24(28)33-18(14-25)15-32-23(27)10-6-17-5-9-21(30-2)22(13-17)31-3/h4-13,18,25-26H,14-15H2,1-3H3. The van der Waals surface area contributed by atoms with Crippen LogP contribution in [-0.2, 0) is 19.1 Å². The van der Waals surface area contributed by atoms with Crippen LogP contribution >= 0.6 is 0 Å². The van der Waals surface area contributed by atoms with E-state index in [-0.39, 0.29) is 12.4 Å². The molecule has 0 heterocycles. The molecule has 0 aliphatic heterocycles. The number of carbonyl (C=O) groups is 2. The predicted octanol–water partition coefficient (Wildman–Crippen LogP) is 2.59. The van der Waals surface area contributed by atoms with Crippen molar-refractivity contribution in [1.29, 1.82) is 0 Å². The summed E-state index contributed by atoms with van der Waals surface area (Å²) in [6, 6.07) is 9.73. The average Bonchev–Trinajstić information content (AvgIpc) is 2.83. The van der Waals surface area contributed by atoms with Crippen LogP contribution in [0, 0.1) is 0 Å². The topological polar surface area (TPSA) is 121 Å². The van der Waals surface area contributed by atoms with Crippen LogP contribution in [0.2, 0.25) is 0 Å². The van der Waals surface area contributed by atoms with Crippen LogP contribution < -0.4 is 14.2 Å². The van der Waals surface area contributed by atoms with E-state index >= 15 is 0 Å². The molecule has 0 radical (unpaired) electrons. The summed E-state index contributed by atoms with van der Waals surface area (Å²) in [5, 5.41) is 19.2. The van der Waals surface area contributed by atoms with E-state index in [0.29, 0.717) is 28.4 Å². The number of ether oxygens (including phenoxy) is 5. The minimum atomic E-state index is -1.04. The molecule has 0 amide bonds. The highest BCUT2D eigenvalue weighted by Crippen LogP contribution is 2.28. The number of hydrogen-bond donors (Lipinski definition) is 2. The maximum absolute atomic E-state index is 12.0. The van der Waals surface area contributed by atoms with Gasteiger partial charge in [0, 0.05) is 12.2 Å². The smallest absolute Gasteiger partial charge is 0.331 e. The summed E-state index contributed by atoms with van der Waals surface area (Å²) in [5.41, 5.74) is 1.22. The Kier molecular flexibility index (Phi) is 9.79. The summed E-state index contributed by atoms with van der Waals surface area (Å²) in [6.45, 7) is -0.857. The van der Waals surface area contributed by atoms with Gasteiger partial charge in [0.25, 0.3) is 0 Å². The quantitative estimate of drug-likeness (QED) is 0.387. The molecule has 0 spiro atoms. The molecule has 0 saturated heterocycles. The Labute approximate surface area is 191 Å². The molecular formula is C24H26O9. The summed E-state index contributed by atoms with van der Waals surface area (Å²) in [6.07, 6.45) is 4.24. The third-order valence-corrected chi connectivity index (χ3v) is 4.33. The van der Waals surface area contributed by atoms with Gasteiger partial charge in [0.1, 0.15) is 6.61 Å². The third-order valence-electron chi connectivity index (χ3n) is 4.33. The highest BCUT2D eigenvalue weighted by Gasteiger charge is 2.14. The lowest BCUT2D eigenvalue weighted by molar-refractivity contribution is -0.154. The van der Waals surface area contributed by atoms with Gasteiger partial charge in [-0.2, -0.15) is 0 Å². The molecule has 0 aromatic heterocycles. The molecule has 0 aliphatic rings. The van der Waals surface area contributed by atoms with Crippen LogP contribution in [0.3, 0.4) is 0 Å². The highest BCUT2D eigenvalue weighted by molar-refractivity contribution is 5.88. The van der Waals surface area contributed by atoms with Gasteiger partial charge in [0.15, 0.2) is 29.1 Å². The third kappa shape index (κ3) is 7.89. The Bertz CT molecular complexity index is 1010. The first-order chi connectivity index (χ1) is 15.9. The lowest BCUT2D eigenvalue weighted by atomic mass is 10.2. The molecule has 1 unspecified atom stereocenters. The molecule has 0 aliphatic carbocycles. The van der Waals surface area contributed by atoms with Crippen molar-refractivity contribution in [2.45, 2.75) is 6.10 Å². The zero-order chi connectivity index (χ0) is 24.2. The fraction of sp³-hybridized carbons (Fsp3) is 0.250. The normalized spacial score (nSPS) is 11.9. The first-order valence-corrected chi connectivity index (χ1v) is 9.83. The fourth-order valence-corrected chi connectivity index (χ4v) is 2.65. The molecular weight excluding hydrogens is 432 g/mol. The molecule has 0 bridgehead atoms. The van der Waals surface area contributed by atoms with E-state index in [2.05, 4.69) is 0 Å². The molecule has 2 N–H and O–H groups in total. The number of rotatable bonds is 11. The second kappa shape index (κ2) is 12.8. The van der Waals surface area contributed by atoms with Crippen LogP contribution in [0.15, 0.2) is 48.6 Å². The van der Waals surface area contributed by atoms with Crippen molar-refractivity contribution in [2.75, 3.05) is 34.5 Å². The number of methoxy groups -OCH3 is 3. The summed E-state index contributed by atoms with van der Waals surface area (Å²) in [4.78, 5) is 23.9. The Morgan fingerprint density at radius 2 is 1.42 bits per heavy atom. The molecule has 2 rings (SSSR count). The van der Waals surface area contributed by atoms with E-state index in [9.17, 15) is 19.8 Å². The first kappa shape index (κ1) is 25.3. The summed E-state index contributed by atoms with van der Waals surface area (Å²) >= 11 is 0. The van der Waals surface area contributed by atoms with Crippen LogP contribution in [0.25, 0.3) is 12.2 Å². The molecule has 33 heavy (non-hydrogen) atoms. The molecule has 9 nitrogen and oxygen atoms in total. The van der Waals surface area contributed by atoms with Crippen LogP contribution in [0.1, 0.15) is 11.1 Å². The summed E-state index contributed by atoms with van der Waals surface area (Å²) in [5.74, 6) is -0.128. The lowest BCUT2D eigenvalue weighted by Gasteiger charge is -2.14. The van der Waals surface area contributed by atoms with Crippen molar-refractivity contribution in [1.82, 2.24) is 0 Å². The van der Waals surface area contributed by atoms with Gasteiger partial charge in [-0.15, -0.1) is 0 Å².